The SMILES string of the molecule is C[C@H]1CCO/N=C(/N2CCCC2)C[C@H]2CN1C(=O)c1c(O)c(=O)c(C(=O)NCc3c(F)cc(F)cc3F)cn12. The van der Waals surface area contributed by atoms with Gasteiger partial charge in [0, 0.05) is 69.0 Å². The summed E-state index contributed by atoms with van der Waals surface area (Å²) in [4.78, 5) is 48.6. The van der Waals surface area contributed by atoms with Crippen LogP contribution in [0, 0.1) is 17.5 Å². The molecule has 0 radical (unpaired) electrons. The molecule has 1 fully saturated rings. The molecule has 2 atom stereocenters. The molecule has 5 rings (SSSR count). The van der Waals surface area contributed by atoms with Crippen molar-refractivity contribution in [2.45, 2.75) is 51.2 Å². The van der Waals surface area contributed by atoms with Crippen LogP contribution >= 0.6 is 0 Å². The number of carbonyl (C=O) groups is 2. The van der Waals surface area contributed by atoms with Gasteiger partial charge in [-0.05, 0) is 19.8 Å². The van der Waals surface area contributed by atoms with Crippen molar-refractivity contribution < 1.29 is 32.7 Å². The Hall–Kier alpha value is -4.03. The third-order valence-electron chi connectivity index (χ3n) is 7.47. The zero-order chi connectivity index (χ0) is 27.8. The van der Waals surface area contributed by atoms with Gasteiger partial charge in [-0.25, -0.2) is 13.2 Å². The van der Waals surface area contributed by atoms with E-state index in [0.29, 0.717) is 37.4 Å². The van der Waals surface area contributed by atoms with Gasteiger partial charge >= 0.3 is 0 Å². The Bertz CT molecular complexity index is 1380. The van der Waals surface area contributed by atoms with E-state index >= 15 is 0 Å². The van der Waals surface area contributed by atoms with Crippen molar-refractivity contribution in [3.63, 3.8) is 0 Å². The number of amides is 2. The van der Waals surface area contributed by atoms with Crippen molar-refractivity contribution >= 4 is 17.6 Å². The standard InChI is InChI=1S/C26H28F3N5O5/c1-14-4-7-39-31-21(32-5-2-3-6-32)10-16-12-33(14)26(38)22-24(36)23(35)18(13-34(16)22)25(37)30-11-17-19(28)8-15(27)9-20(17)29/h8-9,13-14,16,36H,2-7,10-12H2,1H3,(H,30,37)/b31-21+/t14-,16-/m0/s1. The molecule has 208 valence electrons. The number of aromatic nitrogens is 1. The Morgan fingerprint density at radius 2 is 1.87 bits per heavy atom. The van der Waals surface area contributed by atoms with Crippen LogP contribution in [0.2, 0.25) is 0 Å². The molecule has 1 saturated heterocycles. The molecule has 2 N–H and O–H groups in total. The van der Waals surface area contributed by atoms with Crippen molar-refractivity contribution in [3.05, 3.63) is 62.8 Å². The first-order valence-electron chi connectivity index (χ1n) is 12.8. The lowest BCUT2D eigenvalue weighted by molar-refractivity contribution is 0.0488. The van der Waals surface area contributed by atoms with Gasteiger partial charge in [0.15, 0.2) is 11.4 Å². The van der Waals surface area contributed by atoms with Crippen LogP contribution in [-0.2, 0) is 11.4 Å². The summed E-state index contributed by atoms with van der Waals surface area (Å²) >= 11 is 0. The van der Waals surface area contributed by atoms with E-state index in [-0.39, 0.29) is 18.3 Å². The number of likely N-dealkylation sites (tertiary alicyclic amines) is 1. The molecule has 1 aromatic heterocycles. The number of benzene rings is 1. The zero-order valence-electron chi connectivity index (χ0n) is 21.3. The van der Waals surface area contributed by atoms with Crippen LogP contribution in [0.4, 0.5) is 13.2 Å². The molecular weight excluding hydrogens is 519 g/mol. The number of hydrogen-bond donors (Lipinski definition) is 2. The molecule has 0 unspecified atom stereocenters. The highest BCUT2D eigenvalue weighted by Gasteiger charge is 2.39. The Balaban J connectivity index is 1.51. The highest BCUT2D eigenvalue weighted by atomic mass is 19.1. The van der Waals surface area contributed by atoms with Crippen molar-refractivity contribution in [2.24, 2.45) is 5.16 Å². The average molecular weight is 548 g/mol. The molecule has 2 amide bonds. The minimum atomic E-state index is -1.20. The maximum atomic E-state index is 14.0. The van der Waals surface area contributed by atoms with Crippen LogP contribution in [0.5, 0.6) is 5.75 Å². The topological polar surface area (TPSA) is 116 Å². The molecule has 3 aliphatic rings. The molecule has 0 spiro atoms. The van der Waals surface area contributed by atoms with Crippen molar-refractivity contribution in [2.75, 3.05) is 26.2 Å². The smallest absolute Gasteiger partial charge is 0.274 e. The molecule has 0 aliphatic carbocycles. The normalized spacial score (nSPS) is 22.6. The van der Waals surface area contributed by atoms with Gasteiger partial charge in [0.2, 0.25) is 5.43 Å². The molecule has 1 aromatic carbocycles. The summed E-state index contributed by atoms with van der Waals surface area (Å²) < 4.78 is 42.7. The first-order chi connectivity index (χ1) is 18.7. The van der Waals surface area contributed by atoms with Crippen LogP contribution in [0.1, 0.15) is 65.1 Å². The van der Waals surface area contributed by atoms with Crippen LogP contribution in [0.15, 0.2) is 28.3 Å². The number of nitrogens with zero attached hydrogens (tertiary/aromatic N) is 4. The average Bonchev–Trinajstić information content (AvgIpc) is 3.42. The fourth-order valence-corrected chi connectivity index (χ4v) is 5.27. The summed E-state index contributed by atoms with van der Waals surface area (Å²) in [6, 6.07) is 0.192. The maximum absolute atomic E-state index is 14.0. The maximum Gasteiger partial charge on any atom is 0.274 e. The Kier molecular flexibility index (Phi) is 7.23. The second-order valence-electron chi connectivity index (χ2n) is 10.00. The fraction of sp³-hybridized carbons (Fsp3) is 0.462. The molecule has 39 heavy (non-hydrogen) atoms. The summed E-state index contributed by atoms with van der Waals surface area (Å²) in [5.74, 6) is -5.31. The second kappa shape index (κ2) is 10.6. The minimum Gasteiger partial charge on any atom is -0.503 e. The van der Waals surface area contributed by atoms with Gasteiger partial charge in [-0.3, -0.25) is 14.4 Å². The third-order valence-corrected chi connectivity index (χ3v) is 7.47. The molecule has 2 bridgehead atoms. The fourth-order valence-electron chi connectivity index (χ4n) is 5.27. The van der Waals surface area contributed by atoms with E-state index in [2.05, 4.69) is 15.4 Å². The predicted molar refractivity (Wildman–Crippen MR) is 133 cm³/mol. The predicted octanol–water partition coefficient (Wildman–Crippen LogP) is 2.51. The Morgan fingerprint density at radius 1 is 1.18 bits per heavy atom. The molecule has 0 saturated carbocycles. The first-order valence-corrected chi connectivity index (χ1v) is 12.8. The van der Waals surface area contributed by atoms with Gasteiger partial charge in [0.25, 0.3) is 11.8 Å². The lowest BCUT2D eigenvalue weighted by atomic mass is 10.0. The number of hydrogen-bond acceptors (Lipinski definition) is 7. The van der Waals surface area contributed by atoms with Gasteiger partial charge in [-0.1, -0.05) is 5.16 Å². The monoisotopic (exact) mass is 547 g/mol. The van der Waals surface area contributed by atoms with E-state index in [9.17, 15) is 32.7 Å². The highest BCUT2D eigenvalue weighted by molar-refractivity contribution is 5.99. The summed E-state index contributed by atoms with van der Waals surface area (Å²) in [6.45, 7) is 3.29. The van der Waals surface area contributed by atoms with Crippen LogP contribution in [0.3, 0.4) is 0 Å². The third kappa shape index (κ3) is 5.04. The van der Waals surface area contributed by atoms with E-state index in [1.807, 2.05) is 6.92 Å². The Morgan fingerprint density at radius 3 is 2.56 bits per heavy atom. The van der Waals surface area contributed by atoms with Crippen LogP contribution in [-0.4, -0.2) is 69.4 Å². The van der Waals surface area contributed by atoms with E-state index in [0.717, 1.165) is 25.9 Å². The number of fused-ring (bicyclic) bond motifs is 4. The molecule has 3 aliphatic heterocycles. The number of halogens is 3. The molecule has 4 heterocycles. The zero-order valence-corrected chi connectivity index (χ0v) is 21.3. The Labute approximate surface area is 221 Å². The number of carbonyl (C=O) groups excluding carboxylic acids is 2. The van der Waals surface area contributed by atoms with Crippen molar-refractivity contribution in [1.82, 2.24) is 19.7 Å². The van der Waals surface area contributed by atoms with Crippen molar-refractivity contribution in [3.8, 4) is 5.75 Å². The van der Waals surface area contributed by atoms with E-state index in [4.69, 9.17) is 4.84 Å². The minimum absolute atomic E-state index is 0.238. The summed E-state index contributed by atoms with van der Waals surface area (Å²) in [7, 11) is 0. The second-order valence-corrected chi connectivity index (χ2v) is 10.00. The first kappa shape index (κ1) is 26.6. The lowest BCUT2D eigenvalue weighted by Gasteiger charge is -2.40. The highest BCUT2D eigenvalue weighted by Crippen LogP contribution is 2.32. The number of oxime groups is 1. The summed E-state index contributed by atoms with van der Waals surface area (Å²) in [6.07, 6.45) is 3.96. The molecular formula is C26H28F3N5O5. The van der Waals surface area contributed by atoms with Crippen molar-refractivity contribution in [1.29, 1.82) is 0 Å². The van der Waals surface area contributed by atoms with Gasteiger partial charge < -0.3 is 29.6 Å². The van der Waals surface area contributed by atoms with Crippen LogP contribution in [0.25, 0.3) is 0 Å². The number of rotatable bonds is 3. The lowest BCUT2D eigenvalue weighted by Crippen LogP contribution is -2.50. The van der Waals surface area contributed by atoms with E-state index in [1.54, 1.807) is 4.90 Å². The van der Waals surface area contributed by atoms with Gasteiger partial charge in [-0.15, -0.1) is 0 Å². The van der Waals surface area contributed by atoms with Gasteiger partial charge in [-0.2, -0.15) is 0 Å². The number of pyridine rings is 1. The summed E-state index contributed by atoms with van der Waals surface area (Å²) in [5, 5.41) is 17.5. The summed E-state index contributed by atoms with van der Waals surface area (Å²) in [5.41, 5.74) is -2.44. The van der Waals surface area contributed by atoms with Gasteiger partial charge in [0.1, 0.15) is 35.5 Å². The number of nitrogens with one attached hydrogen (secondary N) is 1. The number of aromatic hydroxyl groups is 1. The van der Waals surface area contributed by atoms with E-state index < -0.39 is 64.2 Å². The quantitative estimate of drug-likeness (QED) is 0.610. The number of amidine groups is 1. The molecule has 13 heteroatoms. The molecule has 10 nitrogen and oxygen atoms in total. The van der Waals surface area contributed by atoms with E-state index in [1.165, 1.54) is 10.8 Å². The largest absolute Gasteiger partial charge is 0.503 e. The van der Waals surface area contributed by atoms with Gasteiger partial charge in [0.05, 0.1) is 6.04 Å². The van der Waals surface area contributed by atoms with Crippen LogP contribution < -0.4 is 10.7 Å². The molecule has 2 aromatic rings.